The van der Waals surface area contributed by atoms with Crippen molar-refractivity contribution >= 4 is 26.6 Å². The molecule has 0 unspecified atom stereocenters. The van der Waals surface area contributed by atoms with Crippen LogP contribution in [0.25, 0.3) is 16.6 Å². The summed E-state index contributed by atoms with van der Waals surface area (Å²) in [6.45, 7) is 1.88. The Morgan fingerprint density at radius 2 is 1.63 bits per heavy atom. The number of anilines is 1. The number of rotatable bonds is 4. The van der Waals surface area contributed by atoms with Crippen LogP contribution in [0.5, 0.6) is 0 Å². The second kappa shape index (κ2) is 6.99. The Bertz CT molecular complexity index is 1500. The van der Waals surface area contributed by atoms with Crippen molar-refractivity contribution in [2.45, 2.75) is 11.8 Å². The van der Waals surface area contributed by atoms with Gasteiger partial charge in [-0.15, -0.1) is 0 Å². The van der Waals surface area contributed by atoms with E-state index < -0.39 is 21.3 Å². The van der Waals surface area contributed by atoms with E-state index in [0.29, 0.717) is 11.2 Å². The highest BCUT2D eigenvalue weighted by molar-refractivity contribution is 7.92. The molecule has 4 rings (SSSR count). The number of nitrogens with one attached hydrogen (secondary N) is 1. The lowest BCUT2D eigenvalue weighted by atomic mass is 10.2. The summed E-state index contributed by atoms with van der Waals surface area (Å²) in [4.78, 5) is 24.4. The summed E-state index contributed by atoms with van der Waals surface area (Å²) in [6, 6.07) is 12.7. The predicted molar refractivity (Wildman–Crippen MR) is 114 cm³/mol. The first-order valence-corrected chi connectivity index (χ1v) is 10.5. The van der Waals surface area contributed by atoms with E-state index in [4.69, 9.17) is 0 Å². The van der Waals surface area contributed by atoms with E-state index in [-0.39, 0.29) is 10.3 Å². The second-order valence-corrected chi connectivity index (χ2v) is 8.62. The topological polar surface area (TPSA) is 108 Å². The molecule has 0 spiro atoms. The SMILES string of the molecule is Cc1ccn(-c2ccc(NS(=O)(=O)c3ccc4c(c3)c(=O)n(C)c(=O)n4C)cc2)n1. The lowest BCUT2D eigenvalue weighted by Gasteiger charge is -2.11. The molecule has 9 nitrogen and oxygen atoms in total. The van der Waals surface area contributed by atoms with Crippen LogP contribution in [-0.4, -0.2) is 27.3 Å². The number of aromatic nitrogens is 4. The fourth-order valence-corrected chi connectivity index (χ4v) is 4.28. The largest absolute Gasteiger partial charge is 0.330 e. The van der Waals surface area contributed by atoms with Gasteiger partial charge in [0.1, 0.15) is 0 Å². The van der Waals surface area contributed by atoms with Gasteiger partial charge in [-0.1, -0.05) is 0 Å². The van der Waals surface area contributed by atoms with Crippen LogP contribution in [0.1, 0.15) is 5.69 Å². The normalized spacial score (nSPS) is 11.7. The molecule has 4 aromatic rings. The zero-order valence-corrected chi connectivity index (χ0v) is 17.3. The molecule has 10 heteroatoms. The minimum atomic E-state index is -3.94. The summed E-state index contributed by atoms with van der Waals surface area (Å²) in [7, 11) is -1.06. The standard InChI is InChI=1S/C20H19N5O4S/c1-13-10-11-25(21-13)15-6-4-14(5-7-15)22-30(28,29)16-8-9-18-17(12-16)19(26)24(3)20(27)23(18)2/h4-12,22H,1-3H3. The van der Waals surface area contributed by atoms with E-state index >= 15 is 0 Å². The molecule has 30 heavy (non-hydrogen) atoms. The summed E-state index contributed by atoms with van der Waals surface area (Å²) in [5.41, 5.74) is 1.37. The molecule has 0 fully saturated rings. The van der Waals surface area contributed by atoms with Gasteiger partial charge < -0.3 is 0 Å². The molecule has 0 radical (unpaired) electrons. The minimum Gasteiger partial charge on any atom is -0.296 e. The predicted octanol–water partition coefficient (Wildman–Crippen LogP) is 1.53. The summed E-state index contributed by atoms with van der Waals surface area (Å²) < 4.78 is 32.1. The van der Waals surface area contributed by atoms with Gasteiger partial charge in [-0.2, -0.15) is 5.10 Å². The van der Waals surface area contributed by atoms with Crippen molar-refractivity contribution in [1.82, 2.24) is 18.9 Å². The van der Waals surface area contributed by atoms with Crippen LogP contribution in [0.4, 0.5) is 5.69 Å². The number of benzene rings is 2. The second-order valence-electron chi connectivity index (χ2n) is 6.94. The highest BCUT2D eigenvalue weighted by Crippen LogP contribution is 2.20. The van der Waals surface area contributed by atoms with Gasteiger partial charge in [-0.3, -0.25) is 18.7 Å². The summed E-state index contributed by atoms with van der Waals surface area (Å²) in [6.07, 6.45) is 1.82. The Kier molecular flexibility index (Phi) is 4.58. The fraction of sp³-hybridized carbons (Fsp3) is 0.150. The molecule has 0 atom stereocenters. The van der Waals surface area contributed by atoms with Gasteiger partial charge in [-0.25, -0.2) is 17.9 Å². The number of hydrogen-bond acceptors (Lipinski definition) is 5. The maximum absolute atomic E-state index is 12.8. The van der Waals surface area contributed by atoms with E-state index in [2.05, 4.69) is 9.82 Å². The van der Waals surface area contributed by atoms with E-state index in [0.717, 1.165) is 15.9 Å². The zero-order valence-electron chi connectivity index (χ0n) is 16.5. The third-order valence-corrected chi connectivity index (χ3v) is 6.23. The van der Waals surface area contributed by atoms with Crippen LogP contribution in [0.15, 0.2) is 69.2 Å². The van der Waals surface area contributed by atoms with Gasteiger partial charge >= 0.3 is 5.69 Å². The Hall–Kier alpha value is -3.66. The van der Waals surface area contributed by atoms with Crippen LogP contribution >= 0.6 is 0 Å². The number of aryl methyl sites for hydroxylation is 2. The maximum atomic E-state index is 12.8. The van der Waals surface area contributed by atoms with Gasteiger partial charge in [0.15, 0.2) is 0 Å². The lowest BCUT2D eigenvalue weighted by molar-refractivity contribution is 0.601. The van der Waals surface area contributed by atoms with Crippen LogP contribution < -0.4 is 16.0 Å². The first-order chi connectivity index (χ1) is 14.2. The summed E-state index contributed by atoms with van der Waals surface area (Å²) >= 11 is 0. The molecule has 0 amide bonds. The number of nitrogens with zero attached hydrogens (tertiary/aromatic N) is 4. The molecule has 0 saturated carbocycles. The average molecular weight is 425 g/mol. The molecule has 2 aromatic carbocycles. The summed E-state index contributed by atoms with van der Waals surface area (Å²) in [5.74, 6) is 0. The number of hydrogen-bond donors (Lipinski definition) is 1. The van der Waals surface area contributed by atoms with E-state index in [1.54, 1.807) is 28.9 Å². The average Bonchev–Trinajstić information content (AvgIpc) is 3.16. The van der Waals surface area contributed by atoms with Gasteiger partial charge in [0, 0.05) is 26.0 Å². The lowest BCUT2D eigenvalue weighted by Crippen LogP contribution is -2.37. The van der Waals surface area contributed by atoms with Crippen LogP contribution in [0.2, 0.25) is 0 Å². The molecular weight excluding hydrogens is 406 g/mol. The first kappa shape index (κ1) is 19.6. The number of fused-ring (bicyclic) bond motifs is 1. The molecule has 0 aliphatic carbocycles. The molecule has 154 valence electrons. The quantitative estimate of drug-likeness (QED) is 0.534. The first-order valence-electron chi connectivity index (χ1n) is 9.03. The van der Waals surface area contributed by atoms with E-state index in [1.165, 1.54) is 36.9 Å². The molecule has 0 aliphatic heterocycles. The highest BCUT2D eigenvalue weighted by atomic mass is 32.2. The summed E-state index contributed by atoms with van der Waals surface area (Å²) in [5, 5.41) is 4.46. The molecule has 2 aromatic heterocycles. The monoisotopic (exact) mass is 425 g/mol. The van der Waals surface area contributed by atoms with Crippen molar-refractivity contribution in [3.63, 3.8) is 0 Å². The molecule has 1 N–H and O–H groups in total. The van der Waals surface area contributed by atoms with Crippen molar-refractivity contribution in [3.8, 4) is 5.69 Å². The molecule has 2 heterocycles. The third kappa shape index (κ3) is 3.30. The Balaban J connectivity index is 1.69. The van der Waals surface area contributed by atoms with E-state index in [9.17, 15) is 18.0 Å². The van der Waals surface area contributed by atoms with Crippen molar-refractivity contribution in [3.05, 3.63) is 81.3 Å². The van der Waals surface area contributed by atoms with Gasteiger partial charge in [-0.05, 0) is 55.5 Å². The Morgan fingerprint density at radius 1 is 0.933 bits per heavy atom. The van der Waals surface area contributed by atoms with Gasteiger partial charge in [0.25, 0.3) is 15.6 Å². The molecule has 0 saturated heterocycles. The van der Waals surface area contributed by atoms with Crippen molar-refractivity contribution in [1.29, 1.82) is 0 Å². The Morgan fingerprint density at radius 3 is 2.27 bits per heavy atom. The van der Waals surface area contributed by atoms with Crippen LogP contribution in [0.3, 0.4) is 0 Å². The fourth-order valence-electron chi connectivity index (χ4n) is 3.20. The van der Waals surface area contributed by atoms with Gasteiger partial charge in [0.2, 0.25) is 0 Å². The van der Waals surface area contributed by atoms with Gasteiger partial charge in [0.05, 0.1) is 27.2 Å². The third-order valence-electron chi connectivity index (χ3n) is 4.86. The van der Waals surface area contributed by atoms with E-state index in [1.807, 2.05) is 19.2 Å². The van der Waals surface area contributed by atoms with Crippen molar-refractivity contribution < 1.29 is 8.42 Å². The van der Waals surface area contributed by atoms with Crippen LogP contribution in [0, 0.1) is 6.92 Å². The van der Waals surface area contributed by atoms with Crippen LogP contribution in [-0.2, 0) is 24.1 Å². The smallest absolute Gasteiger partial charge is 0.296 e. The maximum Gasteiger partial charge on any atom is 0.330 e. The Labute approximate surface area is 171 Å². The molecular formula is C20H19N5O4S. The van der Waals surface area contributed by atoms with Crippen molar-refractivity contribution in [2.75, 3.05) is 4.72 Å². The molecule has 0 aliphatic rings. The minimum absolute atomic E-state index is 0.0717. The number of sulfonamides is 1. The molecule has 0 bridgehead atoms. The highest BCUT2D eigenvalue weighted by Gasteiger charge is 2.17. The van der Waals surface area contributed by atoms with Crippen molar-refractivity contribution in [2.24, 2.45) is 14.1 Å². The zero-order chi connectivity index (χ0) is 21.6.